The molecule has 2 aromatic rings. The van der Waals surface area contributed by atoms with Crippen LogP contribution in [0.15, 0.2) is 32.6 Å². The van der Waals surface area contributed by atoms with E-state index in [1.807, 2.05) is 19.1 Å². The second-order valence-electron chi connectivity index (χ2n) is 6.00. The third-order valence-corrected chi connectivity index (χ3v) is 4.84. The zero-order valence-corrected chi connectivity index (χ0v) is 16.5. The summed E-state index contributed by atoms with van der Waals surface area (Å²) in [6, 6.07) is 5.48. The predicted molar refractivity (Wildman–Crippen MR) is 103 cm³/mol. The quantitative estimate of drug-likeness (QED) is 0.559. The van der Waals surface area contributed by atoms with Gasteiger partial charge in [-0.25, -0.2) is 4.98 Å². The average Bonchev–Trinajstić information content (AvgIpc) is 2.54. The normalized spacial score (nSPS) is 11.2. The molecule has 1 aromatic heterocycles. The lowest BCUT2D eigenvalue weighted by atomic mass is 10.2. The average molecular weight is 412 g/mol. The first-order valence-corrected chi connectivity index (χ1v) is 9.79. The van der Waals surface area contributed by atoms with Crippen molar-refractivity contribution in [1.29, 1.82) is 0 Å². The highest BCUT2D eigenvalue weighted by molar-refractivity contribution is 9.10. The Bertz CT molecular complexity index is 789. The lowest BCUT2D eigenvalue weighted by Crippen LogP contribution is -2.29. The first kappa shape index (κ1) is 19.0. The van der Waals surface area contributed by atoms with Gasteiger partial charge in [0.25, 0.3) is 5.56 Å². The number of carbonyl (C=O) groups excluding carboxylic acids is 1. The van der Waals surface area contributed by atoms with E-state index in [4.69, 9.17) is 0 Å². The molecule has 2 rings (SSSR count). The van der Waals surface area contributed by atoms with Crippen LogP contribution in [-0.2, 0) is 11.3 Å². The highest BCUT2D eigenvalue weighted by Crippen LogP contribution is 2.20. The topological polar surface area (TPSA) is 64.0 Å². The fourth-order valence-corrected chi connectivity index (χ4v) is 3.42. The van der Waals surface area contributed by atoms with E-state index in [0.29, 0.717) is 35.1 Å². The molecule has 130 valence electrons. The van der Waals surface area contributed by atoms with Gasteiger partial charge in [-0.1, -0.05) is 48.5 Å². The van der Waals surface area contributed by atoms with Crippen LogP contribution in [0.1, 0.15) is 27.2 Å². The number of thioether (sulfide) groups is 1. The molecule has 1 aromatic carbocycles. The Balaban J connectivity index is 2.28. The van der Waals surface area contributed by atoms with Crippen molar-refractivity contribution in [3.63, 3.8) is 0 Å². The molecule has 0 saturated heterocycles. The summed E-state index contributed by atoms with van der Waals surface area (Å²) in [5.74, 6) is 0.627. The fraction of sp³-hybridized carbons (Fsp3) is 0.471. The largest absolute Gasteiger partial charge is 0.355 e. The second kappa shape index (κ2) is 8.67. The number of nitrogens with one attached hydrogen (secondary N) is 1. The highest BCUT2D eigenvalue weighted by Gasteiger charge is 2.13. The van der Waals surface area contributed by atoms with Crippen LogP contribution in [0.4, 0.5) is 0 Å². The van der Waals surface area contributed by atoms with Crippen LogP contribution in [0.2, 0.25) is 0 Å². The number of fused-ring (bicyclic) bond motifs is 1. The number of hydrogen-bond acceptors (Lipinski definition) is 4. The summed E-state index contributed by atoms with van der Waals surface area (Å²) in [6.45, 7) is 7.36. The molecule has 0 aliphatic carbocycles. The van der Waals surface area contributed by atoms with Gasteiger partial charge in [0.2, 0.25) is 5.91 Å². The lowest BCUT2D eigenvalue weighted by molar-refractivity contribution is -0.118. The van der Waals surface area contributed by atoms with Crippen LogP contribution >= 0.6 is 27.7 Å². The van der Waals surface area contributed by atoms with Crippen molar-refractivity contribution in [1.82, 2.24) is 14.9 Å². The van der Waals surface area contributed by atoms with Gasteiger partial charge in [-0.15, -0.1) is 0 Å². The van der Waals surface area contributed by atoms with E-state index in [0.717, 1.165) is 10.9 Å². The monoisotopic (exact) mass is 411 g/mol. The fourth-order valence-electron chi connectivity index (χ4n) is 2.20. The van der Waals surface area contributed by atoms with Crippen molar-refractivity contribution in [3.05, 3.63) is 33.0 Å². The SMILES string of the molecule is CCCn1c(SCC(=O)NCC(C)C)nc2ccc(Br)cc2c1=O. The minimum absolute atomic E-state index is 0.0399. The van der Waals surface area contributed by atoms with Crippen molar-refractivity contribution in [3.8, 4) is 0 Å². The maximum Gasteiger partial charge on any atom is 0.262 e. The minimum atomic E-state index is -0.0618. The summed E-state index contributed by atoms with van der Waals surface area (Å²) in [6.07, 6.45) is 0.828. The van der Waals surface area contributed by atoms with Gasteiger partial charge in [0, 0.05) is 17.6 Å². The molecule has 1 N–H and O–H groups in total. The number of rotatable bonds is 7. The molecule has 24 heavy (non-hydrogen) atoms. The summed E-state index contributed by atoms with van der Waals surface area (Å²) in [4.78, 5) is 29.3. The third kappa shape index (κ3) is 4.83. The molecule has 0 fully saturated rings. The summed E-state index contributed by atoms with van der Waals surface area (Å²) in [5, 5.41) is 4.07. The van der Waals surface area contributed by atoms with Crippen molar-refractivity contribution in [2.75, 3.05) is 12.3 Å². The maximum atomic E-state index is 12.7. The van der Waals surface area contributed by atoms with E-state index >= 15 is 0 Å². The van der Waals surface area contributed by atoms with Crippen molar-refractivity contribution in [2.45, 2.75) is 38.9 Å². The standard InChI is InChI=1S/C17H22BrN3O2S/c1-4-7-21-16(23)13-8-12(18)5-6-14(13)20-17(21)24-10-15(22)19-9-11(2)3/h5-6,8,11H,4,7,9-10H2,1-3H3,(H,19,22). The van der Waals surface area contributed by atoms with Gasteiger partial charge < -0.3 is 5.32 Å². The Morgan fingerprint density at radius 2 is 2.17 bits per heavy atom. The van der Waals surface area contributed by atoms with E-state index in [1.54, 1.807) is 10.6 Å². The first-order valence-electron chi connectivity index (χ1n) is 8.02. The molecule has 7 heteroatoms. The predicted octanol–water partition coefficient (Wildman–Crippen LogP) is 3.43. The van der Waals surface area contributed by atoms with Crippen LogP contribution < -0.4 is 10.9 Å². The Morgan fingerprint density at radius 1 is 1.42 bits per heavy atom. The minimum Gasteiger partial charge on any atom is -0.355 e. The Hall–Kier alpha value is -1.34. The van der Waals surface area contributed by atoms with Crippen molar-refractivity contribution in [2.24, 2.45) is 5.92 Å². The Kier molecular flexibility index (Phi) is 6.86. The lowest BCUT2D eigenvalue weighted by Gasteiger charge is -2.13. The van der Waals surface area contributed by atoms with Crippen LogP contribution in [0.25, 0.3) is 10.9 Å². The van der Waals surface area contributed by atoms with Gasteiger partial charge in [-0.05, 0) is 30.5 Å². The third-order valence-electron chi connectivity index (χ3n) is 3.37. The summed E-state index contributed by atoms with van der Waals surface area (Å²) >= 11 is 4.70. The molecule has 1 amide bonds. The molecule has 0 bridgehead atoms. The molecule has 0 aliphatic heterocycles. The molecule has 0 unspecified atom stereocenters. The first-order chi connectivity index (χ1) is 11.4. The molecule has 0 radical (unpaired) electrons. The Morgan fingerprint density at radius 3 is 2.83 bits per heavy atom. The number of carbonyl (C=O) groups is 1. The summed E-state index contributed by atoms with van der Waals surface area (Å²) in [5.41, 5.74) is 0.592. The number of halogens is 1. The summed E-state index contributed by atoms with van der Waals surface area (Å²) < 4.78 is 2.51. The Labute approximate surface area is 154 Å². The number of aromatic nitrogens is 2. The molecule has 5 nitrogen and oxygen atoms in total. The highest BCUT2D eigenvalue weighted by atomic mass is 79.9. The van der Waals surface area contributed by atoms with Gasteiger partial charge in [-0.3, -0.25) is 14.2 Å². The van der Waals surface area contributed by atoms with E-state index in [-0.39, 0.29) is 17.2 Å². The van der Waals surface area contributed by atoms with Crippen LogP contribution in [0.5, 0.6) is 0 Å². The van der Waals surface area contributed by atoms with Crippen LogP contribution in [0, 0.1) is 5.92 Å². The number of amides is 1. The van der Waals surface area contributed by atoms with Crippen molar-refractivity contribution < 1.29 is 4.79 Å². The molecule has 0 atom stereocenters. The molecule has 0 spiro atoms. The summed E-state index contributed by atoms with van der Waals surface area (Å²) in [7, 11) is 0. The van der Waals surface area contributed by atoms with Gasteiger partial charge in [-0.2, -0.15) is 0 Å². The smallest absolute Gasteiger partial charge is 0.262 e. The van der Waals surface area contributed by atoms with Gasteiger partial charge in [0.1, 0.15) is 0 Å². The van der Waals surface area contributed by atoms with Gasteiger partial charge in [0.15, 0.2) is 5.16 Å². The molecular formula is C17H22BrN3O2S. The van der Waals surface area contributed by atoms with E-state index in [2.05, 4.69) is 40.1 Å². The molecule has 0 saturated carbocycles. The molecule has 1 heterocycles. The van der Waals surface area contributed by atoms with Gasteiger partial charge >= 0.3 is 0 Å². The van der Waals surface area contributed by atoms with E-state index in [9.17, 15) is 9.59 Å². The van der Waals surface area contributed by atoms with Crippen LogP contribution in [0.3, 0.4) is 0 Å². The number of nitrogens with zero attached hydrogens (tertiary/aromatic N) is 2. The van der Waals surface area contributed by atoms with E-state index in [1.165, 1.54) is 11.8 Å². The molecular weight excluding hydrogens is 390 g/mol. The molecule has 0 aliphatic rings. The maximum absolute atomic E-state index is 12.7. The second-order valence-corrected chi connectivity index (χ2v) is 7.86. The van der Waals surface area contributed by atoms with Crippen molar-refractivity contribution >= 4 is 44.5 Å². The zero-order valence-electron chi connectivity index (χ0n) is 14.1. The van der Waals surface area contributed by atoms with E-state index < -0.39 is 0 Å². The van der Waals surface area contributed by atoms with Gasteiger partial charge in [0.05, 0.1) is 16.7 Å². The zero-order chi connectivity index (χ0) is 17.7. The van der Waals surface area contributed by atoms with Crippen LogP contribution in [-0.4, -0.2) is 27.8 Å². The number of hydrogen-bond donors (Lipinski definition) is 1. The number of benzene rings is 1.